The molecule has 16 heavy (non-hydrogen) atoms. The number of phosphoric acid groups is 2. The average Bonchev–Trinajstić information content (AvgIpc) is 1.98. The maximum Gasteiger partial charge on any atom is 0.481 e. The molecule has 0 aromatic rings. The van der Waals surface area contributed by atoms with Crippen molar-refractivity contribution in [3.63, 3.8) is 0 Å². The quantitative estimate of drug-likeness (QED) is 0.334. The third kappa shape index (κ3) is 8.69. The van der Waals surface area contributed by atoms with Gasteiger partial charge in [0.05, 0.1) is 12.2 Å². The summed E-state index contributed by atoms with van der Waals surface area (Å²) in [4.78, 5) is 25.4. The Morgan fingerprint density at radius 3 is 2.19 bits per heavy atom. The monoisotopic (exact) mass is 296 g/mol. The number of hydrogen-bond acceptors (Lipinski definition) is 6. The fourth-order valence-electron chi connectivity index (χ4n) is 0.618. The molecule has 2 atom stereocenters. The predicted octanol–water partition coefficient (Wildman–Crippen LogP) is 0.284. The molecule has 0 radical (unpaired) electrons. The first-order valence-corrected chi connectivity index (χ1v) is 7.71. The van der Waals surface area contributed by atoms with E-state index in [0.717, 1.165) is 0 Å². The van der Waals surface area contributed by atoms with Crippen molar-refractivity contribution < 1.29 is 37.8 Å². The van der Waals surface area contributed by atoms with E-state index in [1.807, 2.05) is 0 Å². The number of rotatable bonds is 7. The lowest BCUT2D eigenvalue weighted by atomic mass is 10.1. The van der Waals surface area contributed by atoms with Crippen molar-refractivity contribution in [3.05, 3.63) is 0 Å². The zero-order valence-electron chi connectivity index (χ0n) is 8.38. The average molecular weight is 296 g/mol. The Balaban J connectivity index is 4.11. The molecule has 0 heterocycles. The summed E-state index contributed by atoms with van der Waals surface area (Å²) in [5.41, 5.74) is -1.20. The third-order valence-electron chi connectivity index (χ3n) is 1.45. The molecular weight excluding hydrogens is 282 g/mol. The lowest BCUT2D eigenvalue weighted by Crippen LogP contribution is -2.27. The maximum absolute atomic E-state index is 10.9. The van der Waals surface area contributed by atoms with E-state index >= 15 is 0 Å². The van der Waals surface area contributed by atoms with Crippen LogP contribution in [0.5, 0.6) is 0 Å². The SMILES string of the molecule is C[C@@](O)(CS)CCOP(=O)(O)OP(=O)(O)O. The predicted molar refractivity (Wildman–Crippen MR) is 58.0 cm³/mol. The van der Waals surface area contributed by atoms with Crippen LogP contribution in [0.3, 0.4) is 0 Å². The largest absolute Gasteiger partial charge is 0.481 e. The zero-order chi connectivity index (χ0) is 13.0. The smallest absolute Gasteiger partial charge is 0.389 e. The summed E-state index contributed by atoms with van der Waals surface area (Å²) in [5.74, 6) is 0.103. The van der Waals surface area contributed by atoms with Gasteiger partial charge < -0.3 is 19.8 Å². The molecule has 11 heteroatoms. The number of thiol groups is 1. The maximum atomic E-state index is 10.9. The van der Waals surface area contributed by atoms with Crippen LogP contribution >= 0.6 is 28.3 Å². The molecule has 0 spiro atoms. The van der Waals surface area contributed by atoms with Gasteiger partial charge in [0.15, 0.2) is 0 Å². The summed E-state index contributed by atoms with van der Waals surface area (Å²) in [6.45, 7) is 1.02. The topological polar surface area (TPSA) is 134 Å². The van der Waals surface area contributed by atoms with Crippen molar-refractivity contribution in [2.75, 3.05) is 12.4 Å². The van der Waals surface area contributed by atoms with E-state index in [0.29, 0.717) is 0 Å². The molecule has 0 aliphatic heterocycles. The van der Waals surface area contributed by atoms with Crippen molar-refractivity contribution in [1.82, 2.24) is 0 Å². The minimum atomic E-state index is -5.09. The Bertz CT molecular complexity index is 312. The van der Waals surface area contributed by atoms with Gasteiger partial charge in [-0.1, -0.05) is 0 Å². The molecule has 0 aromatic heterocycles. The van der Waals surface area contributed by atoms with Gasteiger partial charge in [0.2, 0.25) is 0 Å². The molecule has 0 bridgehead atoms. The van der Waals surface area contributed by atoms with Crippen molar-refractivity contribution in [2.24, 2.45) is 0 Å². The van der Waals surface area contributed by atoms with Crippen LogP contribution in [0.2, 0.25) is 0 Å². The Labute approximate surface area is 97.9 Å². The minimum absolute atomic E-state index is 0.0361. The van der Waals surface area contributed by atoms with E-state index in [1.54, 1.807) is 0 Å². The molecule has 4 N–H and O–H groups in total. The number of phosphoric ester groups is 1. The molecule has 0 rings (SSSR count). The molecule has 0 fully saturated rings. The van der Waals surface area contributed by atoms with Gasteiger partial charge in [0.25, 0.3) is 0 Å². The van der Waals surface area contributed by atoms with Crippen molar-refractivity contribution in [2.45, 2.75) is 18.9 Å². The van der Waals surface area contributed by atoms with Gasteiger partial charge >= 0.3 is 15.6 Å². The van der Waals surface area contributed by atoms with Crippen LogP contribution in [0.25, 0.3) is 0 Å². The Kier molecular flexibility index (Phi) is 6.16. The molecule has 0 amide bonds. The molecule has 8 nitrogen and oxygen atoms in total. The summed E-state index contributed by atoms with van der Waals surface area (Å²) >= 11 is 3.82. The van der Waals surface area contributed by atoms with E-state index in [9.17, 15) is 14.2 Å². The van der Waals surface area contributed by atoms with Gasteiger partial charge in [-0.15, -0.1) is 0 Å². The van der Waals surface area contributed by atoms with Crippen LogP contribution in [0.1, 0.15) is 13.3 Å². The Hall–Kier alpha value is 0.570. The highest BCUT2D eigenvalue weighted by Crippen LogP contribution is 2.57. The van der Waals surface area contributed by atoms with E-state index in [1.165, 1.54) is 6.92 Å². The number of aliphatic hydroxyl groups is 1. The second-order valence-corrected chi connectivity index (χ2v) is 6.42. The third-order valence-corrected chi connectivity index (χ3v) is 4.31. The molecular formula is C5H14O8P2S. The lowest BCUT2D eigenvalue weighted by Gasteiger charge is -2.21. The zero-order valence-corrected chi connectivity index (χ0v) is 11.1. The highest BCUT2D eigenvalue weighted by Gasteiger charge is 2.32. The molecule has 0 aliphatic carbocycles. The molecule has 0 aliphatic rings. The molecule has 0 saturated heterocycles. The molecule has 0 saturated carbocycles. The van der Waals surface area contributed by atoms with Gasteiger partial charge in [-0.3, -0.25) is 4.52 Å². The first-order chi connectivity index (χ1) is 6.97. The van der Waals surface area contributed by atoms with Gasteiger partial charge in [0.1, 0.15) is 0 Å². The molecule has 98 valence electrons. The van der Waals surface area contributed by atoms with E-state index in [-0.39, 0.29) is 12.2 Å². The summed E-state index contributed by atoms with van der Waals surface area (Å²) < 4.78 is 29.0. The van der Waals surface area contributed by atoms with Crippen LogP contribution < -0.4 is 0 Å². The fraction of sp³-hybridized carbons (Fsp3) is 1.00. The summed E-state index contributed by atoms with van der Waals surface area (Å²) in [6.07, 6.45) is -0.0361. The first-order valence-electron chi connectivity index (χ1n) is 4.05. The molecule has 1 unspecified atom stereocenters. The minimum Gasteiger partial charge on any atom is -0.389 e. The van der Waals surface area contributed by atoms with Crippen LogP contribution in [-0.2, 0) is 18.0 Å². The number of hydrogen-bond donors (Lipinski definition) is 5. The second kappa shape index (κ2) is 5.95. The summed E-state index contributed by atoms with van der Waals surface area (Å²) in [7, 11) is -9.90. The van der Waals surface area contributed by atoms with Gasteiger partial charge in [-0.25, -0.2) is 9.13 Å². The van der Waals surface area contributed by atoms with Gasteiger partial charge in [-0.2, -0.15) is 16.9 Å². The van der Waals surface area contributed by atoms with Crippen molar-refractivity contribution in [1.29, 1.82) is 0 Å². The lowest BCUT2D eigenvalue weighted by molar-refractivity contribution is 0.0546. The standard InChI is InChI=1S/C5H14O8P2S/c1-5(6,4-16)2-3-12-15(10,11)13-14(7,8)9/h6,16H,2-4H2,1H3,(H,10,11)(H2,7,8,9)/t5-/m0/s1. The Morgan fingerprint density at radius 2 is 1.81 bits per heavy atom. The molecule has 0 aromatic carbocycles. The Morgan fingerprint density at radius 1 is 1.31 bits per heavy atom. The normalized spacial score (nSPS) is 20.1. The van der Waals surface area contributed by atoms with Crippen LogP contribution in [0.15, 0.2) is 0 Å². The second-order valence-electron chi connectivity index (χ2n) is 3.28. The van der Waals surface area contributed by atoms with E-state index in [2.05, 4.69) is 21.5 Å². The van der Waals surface area contributed by atoms with E-state index < -0.39 is 27.9 Å². The first kappa shape index (κ1) is 16.6. The summed E-state index contributed by atoms with van der Waals surface area (Å²) in [5, 5.41) is 9.43. The van der Waals surface area contributed by atoms with Crippen molar-refractivity contribution in [3.8, 4) is 0 Å². The van der Waals surface area contributed by atoms with Gasteiger partial charge in [-0.05, 0) is 6.92 Å². The van der Waals surface area contributed by atoms with Crippen LogP contribution in [0.4, 0.5) is 0 Å². The highest BCUT2D eigenvalue weighted by atomic mass is 32.1. The fourth-order valence-corrected chi connectivity index (χ4v) is 2.36. The van der Waals surface area contributed by atoms with Crippen LogP contribution in [0, 0.1) is 0 Å². The summed E-state index contributed by atoms with van der Waals surface area (Å²) in [6, 6.07) is 0. The van der Waals surface area contributed by atoms with Crippen LogP contribution in [-0.4, -0.2) is 37.7 Å². The highest BCUT2D eigenvalue weighted by molar-refractivity contribution is 7.80. The van der Waals surface area contributed by atoms with Gasteiger partial charge in [0, 0.05) is 12.2 Å². The van der Waals surface area contributed by atoms with E-state index in [4.69, 9.17) is 14.7 Å². The van der Waals surface area contributed by atoms with Crippen molar-refractivity contribution >= 4 is 28.3 Å².